The highest BCUT2D eigenvalue weighted by molar-refractivity contribution is 7.89. The fourth-order valence-electron chi connectivity index (χ4n) is 8.79. The molecule has 44 heavy (non-hydrogen) atoms. The molecule has 2 saturated carbocycles. The Labute approximate surface area is 262 Å². The maximum atomic E-state index is 14.2. The summed E-state index contributed by atoms with van der Waals surface area (Å²) in [5, 5.41) is 5.73. The number of carbonyl (C=O) groups is 3. The largest absolute Gasteiger partial charge is 0.444 e. The second-order valence-electron chi connectivity index (χ2n) is 15.2. The van der Waals surface area contributed by atoms with Gasteiger partial charge in [0.25, 0.3) is 0 Å². The number of carbonyl (C=O) groups excluding carboxylic acids is 3. The van der Waals surface area contributed by atoms with Crippen molar-refractivity contribution in [1.29, 1.82) is 0 Å². The summed E-state index contributed by atoms with van der Waals surface area (Å²) in [6, 6.07) is 7.16. The van der Waals surface area contributed by atoms with Gasteiger partial charge in [0, 0.05) is 31.0 Å². The number of fused-ring (bicyclic) bond motifs is 4. The molecule has 3 aliphatic carbocycles. The highest BCUT2D eigenvalue weighted by Crippen LogP contribution is 2.66. The van der Waals surface area contributed by atoms with Crippen molar-refractivity contribution >= 4 is 27.9 Å². The number of amides is 3. The van der Waals surface area contributed by atoms with Gasteiger partial charge >= 0.3 is 6.09 Å². The van der Waals surface area contributed by atoms with Crippen molar-refractivity contribution in [2.75, 3.05) is 18.8 Å². The van der Waals surface area contributed by atoms with Crippen LogP contribution in [0.15, 0.2) is 24.3 Å². The molecule has 4 aliphatic rings. The van der Waals surface area contributed by atoms with Crippen molar-refractivity contribution < 1.29 is 27.5 Å². The third-order valence-electron chi connectivity index (χ3n) is 11.4. The number of aryl methyl sites for hydroxylation is 1. The van der Waals surface area contributed by atoms with Crippen LogP contribution in [0.4, 0.5) is 4.79 Å². The summed E-state index contributed by atoms with van der Waals surface area (Å²) in [7, 11) is -3.62. The van der Waals surface area contributed by atoms with E-state index >= 15 is 0 Å². The van der Waals surface area contributed by atoms with E-state index in [-0.39, 0.29) is 41.4 Å². The van der Waals surface area contributed by atoms with E-state index in [1.807, 2.05) is 0 Å². The van der Waals surface area contributed by atoms with Crippen LogP contribution in [-0.2, 0) is 36.2 Å². The zero-order chi connectivity index (χ0) is 32.1. The lowest BCUT2D eigenvalue weighted by molar-refractivity contribution is -0.125. The summed E-state index contributed by atoms with van der Waals surface area (Å²) in [6.45, 7) is 10.4. The summed E-state index contributed by atoms with van der Waals surface area (Å²) in [4.78, 5) is 37.8. The van der Waals surface area contributed by atoms with Gasteiger partial charge in [-0.2, -0.15) is 0 Å². The van der Waals surface area contributed by atoms with Gasteiger partial charge in [0.2, 0.25) is 21.8 Å². The zero-order valence-electron chi connectivity index (χ0n) is 26.9. The third kappa shape index (κ3) is 6.10. The molecule has 4 N–H and O–H groups in total. The van der Waals surface area contributed by atoms with Gasteiger partial charge in [-0.1, -0.05) is 38.1 Å². The van der Waals surface area contributed by atoms with E-state index in [4.69, 9.17) is 10.5 Å². The molecular formula is C33H50N4O6S. The third-order valence-corrected chi connectivity index (χ3v) is 13.4. The van der Waals surface area contributed by atoms with Crippen LogP contribution in [0.2, 0.25) is 0 Å². The molecule has 0 unspecified atom stereocenters. The van der Waals surface area contributed by atoms with Crippen LogP contribution in [-0.4, -0.2) is 67.2 Å². The van der Waals surface area contributed by atoms with Gasteiger partial charge in [-0.3, -0.25) is 9.59 Å². The first-order valence-electron chi connectivity index (χ1n) is 16.1. The number of alkyl carbamates (subject to hydrolysis) is 1. The Morgan fingerprint density at radius 3 is 2.41 bits per heavy atom. The van der Waals surface area contributed by atoms with Crippen LogP contribution in [0.5, 0.6) is 0 Å². The minimum atomic E-state index is -3.62. The molecule has 244 valence electrons. The standard InChI is InChI=1S/C33H50N4O6S/c1-30(2,3)43-29(40)35-25(10-11-27(34)38)28(39)36-26-20-23-13-15-33(26,31(23,4)5)21-44(41,42)37-18-16-32(17-19-37)14-12-22-8-6-7-9-24(22)32/h6-9,23,25-26H,10-21H2,1-5H3,(H2,34,38)(H,35,40)(H,36,39)/t23-,25+,26+,33-/m1/s1. The maximum absolute atomic E-state index is 14.2. The number of rotatable bonds is 9. The molecule has 10 nitrogen and oxygen atoms in total. The predicted molar refractivity (Wildman–Crippen MR) is 168 cm³/mol. The summed E-state index contributed by atoms with van der Waals surface area (Å²) < 4.78 is 35.4. The van der Waals surface area contributed by atoms with Crippen LogP contribution in [0, 0.1) is 16.7 Å². The van der Waals surface area contributed by atoms with Crippen LogP contribution >= 0.6 is 0 Å². The molecule has 2 bridgehead atoms. The van der Waals surface area contributed by atoms with Gasteiger partial charge in [0.05, 0.1) is 5.75 Å². The lowest BCUT2D eigenvalue weighted by Gasteiger charge is -2.45. The Bertz CT molecular complexity index is 1390. The number of ether oxygens (including phenoxy) is 1. The van der Waals surface area contributed by atoms with Gasteiger partial charge in [0.15, 0.2) is 0 Å². The summed E-state index contributed by atoms with van der Waals surface area (Å²) in [6.07, 6.45) is 5.20. The van der Waals surface area contributed by atoms with E-state index in [2.05, 4.69) is 48.7 Å². The first-order chi connectivity index (χ1) is 20.5. The second kappa shape index (κ2) is 11.6. The molecule has 0 radical (unpaired) electrons. The van der Waals surface area contributed by atoms with Gasteiger partial charge in [-0.25, -0.2) is 17.5 Å². The quantitative estimate of drug-likeness (QED) is 0.379. The Morgan fingerprint density at radius 2 is 1.77 bits per heavy atom. The number of nitrogens with two attached hydrogens (primary N) is 1. The Hall–Kier alpha value is -2.66. The van der Waals surface area contributed by atoms with E-state index in [9.17, 15) is 22.8 Å². The molecule has 3 fully saturated rings. The predicted octanol–water partition coefficient (Wildman–Crippen LogP) is 3.77. The molecule has 0 aromatic heterocycles. The van der Waals surface area contributed by atoms with Gasteiger partial charge in [-0.15, -0.1) is 0 Å². The van der Waals surface area contributed by atoms with E-state index < -0.39 is 45.0 Å². The number of nitrogens with one attached hydrogen (secondary N) is 2. The smallest absolute Gasteiger partial charge is 0.408 e. The average molecular weight is 631 g/mol. The SMILES string of the molecule is CC(C)(C)OC(=O)N[C@@H](CCC(N)=O)C(=O)N[C@H]1C[C@H]2CC[C@]1(CS(=O)(=O)N1CCC3(CCc4ccccc43)CC1)C2(C)C. The minimum absolute atomic E-state index is 0.0178. The van der Waals surface area contributed by atoms with Crippen molar-refractivity contribution in [1.82, 2.24) is 14.9 Å². The number of hydrogen-bond acceptors (Lipinski definition) is 6. The Morgan fingerprint density at radius 1 is 1.09 bits per heavy atom. The van der Waals surface area contributed by atoms with Crippen LogP contribution in [0.3, 0.4) is 0 Å². The molecule has 3 amide bonds. The number of piperidine rings is 1. The van der Waals surface area contributed by atoms with Crippen LogP contribution in [0.1, 0.15) is 97.1 Å². The lowest BCUT2D eigenvalue weighted by Crippen LogP contribution is -2.58. The van der Waals surface area contributed by atoms with E-state index in [1.165, 1.54) is 11.1 Å². The van der Waals surface area contributed by atoms with Crippen LogP contribution < -0.4 is 16.4 Å². The van der Waals surface area contributed by atoms with E-state index in [0.717, 1.165) is 32.1 Å². The molecule has 1 aromatic rings. The first kappa shape index (κ1) is 32.7. The zero-order valence-corrected chi connectivity index (χ0v) is 27.7. The van der Waals surface area contributed by atoms with Gasteiger partial charge < -0.3 is 21.1 Å². The molecule has 1 heterocycles. The lowest BCUT2D eigenvalue weighted by atomic mass is 9.69. The van der Waals surface area contributed by atoms with Crippen molar-refractivity contribution in [3.63, 3.8) is 0 Å². The highest BCUT2D eigenvalue weighted by atomic mass is 32.2. The Kier molecular flexibility index (Phi) is 8.63. The molecule has 1 aliphatic heterocycles. The van der Waals surface area contributed by atoms with Crippen molar-refractivity contribution in [3.05, 3.63) is 35.4 Å². The number of nitrogens with zero attached hydrogens (tertiary/aromatic N) is 1. The minimum Gasteiger partial charge on any atom is -0.444 e. The summed E-state index contributed by atoms with van der Waals surface area (Å²) in [5.74, 6) is -0.793. The molecule has 11 heteroatoms. The molecule has 4 atom stereocenters. The number of sulfonamides is 1. The summed E-state index contributed by atoms with van der Waals surface area (Å²) in [5.41, 5.74) is 6.47. The fourth-order valence-corrected chi connectivity index (χ4v) is 11.1. The average Bonchev–Trinajstić information content (AvgIpc) is 3.46. The second-order valence-corrected chi connectivity index (χ2v) is 17.2. The first-order valence-corrected chi connectivity index (χ1v) is 17.7. The van der Waals surface area contributed by atoms with Crippen molar-refractivity contribution in [2.45, 2.75) is 116 Å². The normalized spacial score (nSPS) is 27.9. The number of hydrogen-bond donors (Lipinski definition) is 3. The van der Waals surface area contributed by atoms with Crippen molar-refractivity contribution in [3.8, 4) is 0 Å². The highest BCUT2D eigenvalue weighted by Gasteiger charge is 2.66. The molecule has 1 spiro atoms. The van der Waals surface area contributed by atoms with E-state index in [0.29, 0.717) is 25.9 Å². The van der Waals surface area contributed by atoms with Gasteiger partial charge in [0.1, 0.15) is 11.6 Å². The van der Waals surface area contributed by atoms with Gasteiger partial charge in [-0.05, 0) is 100 Å². The fraction of sp³-hybridized carbons (Fsp3) is 0.727. The topological polar surface area (TPSA) is 148 Å². The van der Waals surface area contributed by atoms with Crippen LogP contribution in [0.25, 0.3) is 0 Å². The Balaban J connectivity index is 1.31. The molecule has 1 aromatic carbocycles. The number of primary amides is 1. The molecule has 5 rings (SSSR count). The molecule has 1 saturated heterocycles. The van der Waals surface area contributed by atoms with E-state index in [1.54, 1.807) is 25.1 Å². The summed E-state index contributed by atoms with van der Waals surface area (Å²) >= 11 is 0. The maximum Gasteiger partial charge on any atom is 0.408 e. The van der Waals surface area contributed by atoms with Crippen molar-refractivity contribution in [2.24, 2.45) is 22.5 Å². The monoisotopic (exact) mass is 630 g/mol. The number of benzene rings is 1. The molecular weight excluding hydrogens is 580 g/mol.